The second kappa shape index (κ2) is 41.0. The van der Waals surface area contributed by atoms with Crippen LogP contribution in [0.5, 0.6) is 0 Å². The number of nitrogens with one attached hydrogen (secondary N) is 3. The number of nitrogens with zero attached hydrogens (tertiary/aromatic N) is 15. The second-order valence-corrected chi connectivity index (χ2v) is 29.6. The fourth-order valence-corrected chi connectivity index (χ4v) is 13.5. The number of anilines is 3. The summed E-state index contributed by atoms with van der Waals surface area (Å²) in [7, 11) is 0. The Balaban J connectivity index is 0.000000170. The van der Waals surface area contributed by atoms with Crippen molar-refractivity contribution in [3.63, 3.8) is 0 Å². The molecule has 7 N–H and O–H groups in total. The number of imidazole rings is 3. The van der Waals surface area contributed by atoms with E-state index in [-0.39, 0.29) is 80.0 Å². The van der Waals surface area contributed by atoms with Crippen LogP contribution in [-0.2, 0) is 19.3 Å². The van der Waals surface area contributed by atoms with Crippen LogP contribution in [0.15, 0.2) is 198 Å². The summed E-state index contributed by atoms with van der Waals surface area (Å²) >= 11 is 6.20. The summed E-state index contributed by atoms with van der Waals surface area (Å²) in [4.78, 5) is 54.7. The van der Waals surface area contributed by atoms with Crippen molar-refractivity contribution in [1.82, 2.24) is 73.5 Å². The SMILES string of the molecule is Brc1ccccn1.C.C.CC(C)(C)[O-].CSc1nccc(-c2c(-c3ccc(F)cc3)nc3n2[C@H](CN)CC3)n1.CSc1nccc(-c2c(-c3ccc(F)cc3)nc3n2[C@H](CNc2ccccn2)CC3)n1.Fc1ccc(-c2nc3n(c2-c2ccnc(NCC4CC4)n2)[C@H](CNc2ccccn2)CC3)cc1.NCC1CC1.[Na+]. The normalized spacial score (nSPS) is 15.3. The van der Waals surface area contributed by atoms with Gasteiger partial charge in [0, 0.05) is 105 Å². The van der Waals surface area contributed by atoms with Gasteiger partial charge < -0.3 is 46.2 Å². The molecule has 0 unspecified atom stereocenters. The number of benzene rings is 3. The van der Waals surface area contributed by atoms with Crippen LogP contribution >= 0.6 is 39.5 Å². The molecule has 570 valence electrons. The number of rotatable bonds is 19. The maximum atomic E-state index is 13.7. The van der Waals surface area contributed by atoms with Gasteiger partial charge >= 0.3 is 29.6 Å². The van der Waals surface area contributed by atoms with Crippen LogP contribution in [0.2, 0.25) is 0 Å². The van der Waals surface area contributed by atoms with Gasteiger partial charge in [-0.15, -0.1) is 5.60 Å². The number of pyridine rings is 3. The summed E-state index contributed by atoms with van der Waals surface area (Å²) in [6.07, 6.45) is 25.4. The minimum Gasteiger partial charge on any atom is -0.850 e. The Kier molecular flexibility index (Phi) is 31.7. The smallest absolute Gasteiger partial charge is 0.850 e. The summed E-state index contributed by atoms with van der Waals surface area (Å²) in [5.74, 6) is 6.24. The molecule has 0 bridgehead atoms. The Hall–Kier alpha value is -8.77. The molecule has 2 saturated carbocycles. The molecule has 9 aromatic heterocycles. The zero-order valence-corrected chi connectivity index (χ0v) is 66.6. The van der Waals surface area contributed by atoms with Crippen molar-refractivity contribution >= 4 is 57.0 Å². The van der Waals surface area contributed by atoms with Gasteiger partial charge in [0.1, 0.15) is 51.2 Å². The number of hydrogen-bond acceptors (Lipinski definition) is 20. The fraction of sp³-hybridized carbons (Fsp3) is 0.341. The third-order valence-corrected chi connectivity index (χ3v) is 19.7. The van der Waals surface area contributed by atoms with E-state index in [0.29, 0.717) is 22.8 Å². The molecular formula is C82H95BrF3N20NaOS2. The van der Waals surface area contributed by atoms with Gasteiger partial charge in [-0.3, -0.25) is 0 Å². The number of thioether (sulfide) groups is 2. The minimum absolute atomic E-state index is 0. The molecule has 21 nitrogen and oxygen atoms in total. The molecule has 5 aliphatic rings. The van der Waals surface area contributed by atoms with Gasteiger partial charge in [-0.05, 0) is 219 Å². The molecule has 3 atom stereocenters. The van der Waals surface area contributed by atoms with Crippen molar-refractivity contribution in [2.24, 2.45) is 23.3 Å². The number of aryl methyl sites for hydroxylation is 3. The largest absolute Gasteiger partial charge is 1.00 e. The minimum atomic E-state index is -0.750. The second-order valence-electron chi connectivity index (χ2n) is 27.2. The van der Waals surface area contributed by atoms with E-state index < -0.39 is 5.60 Å². The molecule has 17 rings (SSSR count). The fourth-order valence-electron chi connectivity index (χ4n) is 12.5. The molecule has 12 aromatic rings. The van der Waals surface area contributed by atoms with Gasteiger partial charge in [0.25, 0.3) is 0 Å². The summed E-state index contributed by atoms with van der Waals surface area (Å²) in [6, 6.07) is 43.2. The Labute approximate surface area is 681 Å². The van der Waals surface area contributed by atoms with Crippen molar-refractivity contribution in [2.75, 3.05) is 61.2 Å². The van der Waals surface area contributed by atoms with Crippen LogP contribution in [0.4, 0.5) is 30.8 Å². The van der Waals surface area contributed by atoms with E-state index in [0.717, 1.165) is 178 Å². The van der Waals surface area contributed by atoms with Crippen molar-refractivity contribution in [3.05, 3.63) is 222 Å². The Bertz CT molecular complexity index is 4820. The number of fused-ring (bicyclic) bond motifs is 3. The van der Waals surface area contributed by atoms with E-state index >= 15 is 0 Å². The first-order valence-electron chi connectivity index (χ1n) is 35.9. The van der Waals surface area contributed by atoms with Crippen LogP contribution in [0, 0.1) is 29.3 Å². The van der Waals surface area contributed by atoms with Gasteiger partial charge in [0.05, 0.1) is 63.3 Å². The van der Waals surface area contributed by atoms with Crippen LogP contribution in [0.25, 0.3) is 67.9 Å². The van der Waals surface area contributed by atoms with Crippen LogP contribution < -0.4 is 62.1 Å². The maximum absolute atomic E-state index is 13.7. The zero-order valence-electron chi connectivity index (χ0n) is 61.4. The molecule has 12 heterocycles. The average molecular weight is 1600 g/mol. The monoisotopic (exact) mass is 1600 g/mol. The Morgan fingerprint density at radius 3 is 1.14 bits per heavy atom. The summed E-state index contributed by atoms with van der Waals surface area (Å²) in [6.45, 7) is 8.73. The number of nitrogens with two attached hydrogens (primary N) is 2. The van der Waals surface area contributed by atoms with E-state index in [2.05, 4.69) is 80.5 Å². The van der Waals surface area contributed by atoms with E-state index in [4.69, 9.17) is 36.4 Å². The molecule has 3 aromatic carbocycles. The quantitative estimate of drug-likeness (QED) is 0.0218. The molecule has 28 heteroatoms. The summed E-state index contributed by atoms with van der Waals surface area (Å²) in [5.41, 5.74) is 20.8. The number of halogens is 4. The summed E-state index contributed by atoms with van der Waals surface area (Å²) < 4.78 is 48.2. The molecular weight excluding hydrogens is 1510 g/mol. The molecule has 3 aliphatic heterocycles. The van der Waals surface area contributed by atoms with Crippen molar-refractivity contribution in [1.29, 1.82) is 0 Å². The third kappa shape index (κ3) is 23.2. The van der Waals surface area contributed by atoms with Crippen LogP contribution in [0.1, 0.15) is 116 Å². The molecule has 2 aliphatic carbocycles. The van der Waals surface area contributed by atoms with Crippen molar-refractivity contribution < 1.29 is 47.8 Å². The molecule has 110 heavy (non-hydrogen) atoms. The maximum Gasteiger partial charge on any atom is 1.00 e. The van der Waals surface area contributed by atoms with Gasteiger partial charge in [-0.2, -0.15) is 0 Å². The molecule has 2 fully saturated rings. The molecule has 0 radical (unpaired) electrons. The first-order valence-corrected chi connectivity index (χ1v) is 39.2. The average Bonchev–Trinajstić information content (AvgIpc) is 1.61. The van der Waals surface area contributed by atoms with E-state index in [1.54, 1.807) is 94.4 Å². The zero-order chi connectivity index (χ0) is 74.8. The molecule has 0 spiro atoms. The van der Waals surface area contributed by atoms with Crippen LogP contribution in [-0.4, -0.2) is 124 Å². The van der Waals surface area contributed by atoms with Crippen molar-refractivity contribution in [2.45, 2.75) is 134 Å². The third-order valence-electron chi connectivity index (χ3n) is 18.1. The van der Waals surface area contributed by atoms with Gasteiger partial charge in [-0.25, -0.2) is 73.0 Å². The molecule has 0 amide bonds. The van der Waals surface area contributed by atoms with Gasteiger partial charge in [0.15, 0.2) is 10.3 Å². The van der Waals surface area contributed by atoms with E-state index in [9.17, 15) is 18.3 Å². The first-order chi connectivity index (χ1) is 52.0. The first kappa shape index (κ1) is 85.2. The predicted octanol–water partition coefficient (Wildman–Crippen LogP) is 13.8. The summed E-state index contributed by atoms with van der Waals surface area (Å²) in [5, 5.41) is 21.8. The molecule has 0 saturated heterocycles. The van der Waals surface area contributed by atoms with Gasteiger partial charge in [-0.1, -0.05) is 77.3 Å². The van der Waals surface area contributed by atoms with Crippen molar-refractivity contribution in [3.8, 4) is 67.9 Å². The number of aromatic nitrogens is 15. The number of hydrogen-bond donors (Lipinski definition) is 5. The van der Waals surface area contributed by atoms with Gasteiger partial charge in [0.2, 0.25) is 5.95 Å². The predicted molar refractivity (Wildman–Crippen MR) is 434 cm³/mol. The standard InChI is InChI=1S/C26H26FN7.C23H21FN6S.C18H18FN5S.C5H4BrN.C4H9N.C4H9O.2CH4.Na/c27-19-8-6-18(7-9-19)24-25(21-12-14-29-26(32-21)31-15-17-4-5-17)34-20(10-11-23(34)33-24)16-30-22-3-1-2-13-28-22;1-31-23-26-13-11-18(28-23)22-21(15-5-7-16(24)8-6-15)29-20-10-9-17(30(20)22)14-27-19-4-2-3-12-25-19;1-25-18-21-9-8-14(22-18)17-16(11-2-4-12(19)5-3-11)23-15-7-6-13(10-20)24(15)17;6-5-3-1-2-4-7-5;5-3-4-1-2-4;1-4(2,3)5;;;/h1-3,6-9,12-14,17,20H,4-5,10-11,15-16H2,(H,28,30)(H,29,31,32);2-8,11-13,17H,9-10,14H2,1H3,(H,25,27);2-5,8-9,13H,6-7,10,20H2,1H3;1-4H;4H,1-3,5H2;1-3H3;2*1H4;/q;;;;;-1;;;+1/t20-;17-;13-;;;;;;/m000....../s1. The Morgan fingerprint density at radius 2 is 0.809 bits per heavy atom. The van der Waals surface area contributed by atoms with E-state index in [1.807, 2.05) is 85.3 Å². The van der Waals surface area contributed by atoms with E-state index in [1.165, 1.54) is 85.6 Å². The Morgan fingerprint density at radius 1 is 0.436 bits per heavy atom. The topological polar surface area (TPSA) is 281 Å². The van der Waals surface area contributed by atoms with Crippen LogP contribution in [0.3, 0.4) is 0 Å².